The third-order valence-corrected chi connectivity index (χ3v) is 6.11. The van der Waals surface area contributed by atoms with E-state index in [1.807, 2.05) is 32.0 Å². The van der Waals surface area contributed by atoms with Crippen LogP contribution in [-0.2, 0) is 9.59 Å². The summed E-state index contributed by atoms with van der Waals surface area (Å²) in [7, 11) is 1.60. The Morgan fingerprint density at radius 2 is 1.76 bits per heavy atom. The average molecular weight is 430 g/mol. The minimum Gasteiger partial charge on any atom is -0.497 e. The van der Waals surface area contributed by atoms with Crippen molar-refractivity contribution in [2.75, 3.05) is 23.5 Å². The molecule has 0 aliphatic rings. The van der Waals surface area contributed by atoms with Crippen molar-refractivity contribution < 1.29 is 14.3 Å². The second-order valence-corrected chi connectivity index (χ2v) is 9.13. The molecule has 0 bridgehead atoms. The van der Waals surface area contributed by atoms with Gasteiger partial charge in [0.25, 0.3) is 0 Å². The number of benzene rings is 2. The Morgan fingerprint density at radius 3 is 2.45 bits per heavy atom. The second-order valence-electron chi connectivity index (χ2n) is 6.87. The van der Waals surface area contributed by atoms with Crippen molar-refractivity contribution in [1.82, 2.24) is 4.98 Å². The minimum absolute atomic E-state index is 0.00802. The van der Waals surface area contributed by atoms with Crippen LogP contribution in [0.4, 0.5) is 11.4 Å². The molecule has 0 saturated carbocycles. The van der Waals surface area contributed by atoms with Gasteiger partial charge in [-0.2, -0.15) is 0 Å². The van der Waals surface area contributed by atoms with Crippen molar-refractivity contribution in [3.8, 4) is 5.75 Å². The Labute approximate surface area is 178 Å². The molecule has 2 amide bonds. The maximum Gasteiger partial charge on any atom is 0.234 e. The lowest BCUT2D eigenvalue weighted by molar-refractivity contribution is -0.117. The Kier molecular flexibility index (Phi) is 7.11. The molecule has 0 saturated heterocycles. The number of nitrogens with zero attached hydrogens (tertiary/aromatic N) is 1. The van der Waals surface area contributed by atoms with E-state index < -0.39 is 0 Å². The van der Waals surface area contributed by atoms with Crippen LogP contribution in [0.1, 0.15) is 20.3 Å². The lowest BCUT2D eigenvalue weighted by Crippen LogP contribution is -2.13. The molecule has 0 aliphatic carbocycles. The van der Waals surface area contributed by atoms with Gasteiger partial charge in [-0.15, -0.1) is 11.3 Å². The molecule has 0 radical (unpaired) electrons. The van der Waals surface area contributed by atoms with E-state index in [9.17, 15) is 9.59 Å². The van der Waals surface area contributed by atoms with E-state index in [2.05, 4.69) is 15.6 Å². The van der Waals surface area contributed by atoms with Crippen LogP contribution in [0.25, 0.3) is 10.2 Å². The number of amides is 2. The summed E-state index contributed by atoms with van der Waals surface area (Å²) in [5.41, 5.74) is 2.35. The van der Waals surface area contributed by atoms with Gasteiger partial charge >= 0.3 is 0 Å². The Balaban J connectivity index is 1.57. The van der Waals surface area contributed by atoms with Crippen LogP contribution >= 0.6 is 23.1 Å². The van der Waals surface area contributed by atoms with Crippen molar-refractivity contribution >= 4 is 56.5 Å². The number of aromatic nitrogens is 1. The van der Waals surface area contributed by atoms with E-state index >= 15 is 0 Å². The van der Waals surface area contributed by atoms with Gasteiger partial charge in [-0.3, -0.25) is 9.59 Å². The third kappa shape index (κ3) is 6.20. The molecule has 2 aromatic carbocycles. The first-order valence-electron chi connectivity index (χ1n) is 9.20. The van der Waals surface area contributed by atoms with E-state index in [0.717, 1.165) is 31.7 Å². The highest BCUT2D eigenvalue weighted by Crippen LogP contribution is 2.31. The molecule has 0 fully saturated rings. The zero-order valence-corrected chi connectivity index (χ0v) is 18.2. The fourth-order valence-corrected chi connectivity index (χ4v) is 4.53. The first-order chi connectivity index (χ1) is 13.9. The van der Waals surface area contributed by atoms with E-state index in [-0.39, 0.29) is 17.6 Å². The molecule has 3 aromatic rings. The molecule has 152 valence electrons. The molecule has 8 heteroatoms. The highest BCUT2D eigenvalue weighted by Gasteiger charge is 2.10. The summed E-state index contributed by atoms with van der Waals surface area (Å²) >= 11 is 2.90. The Hall–Kier alpha value is -2.58. The molecule has 29 heavy (non-hydrogen) atoms. The summed E-state index contributed by atoms with van der Waals surface area (Å²) in [6.07, 6.45) is 0.491. The molecule has 0 aliphatic heterocycles. The van der Waals surface area contributed by atoms with Crippen LogP contribution in [0.2, 0.25) is 0 Å². The van der Waals surface area contributed by atoms with E-state index in [4.69, 9.17) is 4.74 Å². The number of thioether (sulfide) groups is 1. The number of fused-ring (bicyclic) bond motifs is 1. The maximum absolute atomic E-state index is 12.2. The van der Waals surface area contributed by atoms with Gasteiger partial charge in [-0.05, 0) is 48.4 Å². The maximum atomic E-state index is 12.2. The minimum atomic E-state index is -0.0962. The smallest absolute Gasteiger partial charge is 0.234 e. The Morgan fingerprint density at radius 1 is 1.07 bits per heavy atom. The molecule has 1 heterocycles. The van der Waals surface area contributed by atoms with Crippen LogP contribution < -0.4 is 15.4 Å². The van der Waals surface area contributed by atoms with Crippen molar-refractivity contribution in [3.63, 3.8) is 0 Å². The first-order valence-corrected chi connectivity index (χ1v) is 11.0. The normalized spacial score (nSPS) is 10.9. The predicted molar refractivity (Wildman–Crippen MR) is 120 cm³/mol. The molecule has 0 spiro atoms. The fraction of sp³-hybridized carbons (Fsp3) is 0.286. The average Bonchev–Trinajstić information content (AvgIpc) is 3.08. The van der Waals surface area contributed by atoms with Crippen molar-refractivity contribution in [1.29, 1.82) is 0 Å². The largest absolute Gasteiger partial charge is 0.497 e. The summed E-state index contributed by atoms with van der Waals surface area (Å²) in [6, 6.07) is 12.9. The van der Waals surface area contributed by atoms with Crippen molar-refractivity contribution in [3.05, 3.63) is 42.5 Å². The fourth-order valence-electron chi connectivity index (χ4n) is 2.62. The number of ether oxygens (including phenoxy) is 1. The summed E-state index contributed by atoms with van der Waals surface area (Å²) in [5, 5.41) is 5.78. The molecule has 6 nitrogen and oxygen atoms in total. The summed E-state index contributed by atoms with van der Waals surface area (Å²) in [4.78, 5) is 28.7. The monoisotopic (exact) mass is 429 g/mol. The van der Waals surface area contributed by atoms with Crippen molar-refractivity contribution in [2.24, 2.45) is 5.92 Å². The van der Waals surface area contributed by atoms with Crippen molar-refractivity contribution in [2.45, 2.75) is 24.6 Å². The van der Waals surface area contributed by atoms with Gasteiger partial charge in [0.1, 0.15) is 5.75 Å². The number of methoxy groups -OCH3 is 1. The van der Waals surface area contributed by atoms with Crippen LogP contribution in [-0.4, -0.2) is 29.7 Å². The number of carbonyl (C=O) groups excluding carboxylic acids is 2. The highest BCUT2D eigenvalue weighted by molar-refractivity contribution is 8.01. The zero-order chi connectivity index (χ0) is 20.8. The molecule has 1 aromatic heterocycles. The number of carbonyl (C=O) groups is 2. The molecule has 3 rings (SSSR count). The third-order valence-electron chi connectivity index (χ3n) is 3.95. The lowest BCUT2D eigenvalue weighted by atomic mass is 10.1. The SMILES string of the molecule is COc1ccc(NC(=O)CSc2nc3ccc(NC(=O)CC(C)C)cc3s2)cc1. The van der Waals surface area contributed by atoms with Crippen LogP contribution in [0.15, 0.2) is 46.8 Å². The number of rotatable bonds is 8. The predicted octanol–water partition coefficient (Wildman–Crippen LogP) is 5.02. The van der Waals surface area contributed by atoms with Crippen LogP contribution in [0, 0.1) is 5.92 Å². The molecule has 2 N–H and O–H groups in total. The van der Waals surface area contributed by atoms with E-state index in [1.165, 1.54) is 23.1 Å². The van der Waals surface area contributed by atoms with Crippen LogP contribution in [0.5, 0.6) is 5.75 Å². The van der Waals surface area contributed by atoms with Gasteiger partial charge in [-0.1, -0.05) is 25.6 Å². The quantitative estimate of drug-likeness (QED) is 0.492. The first kappa shape index (κ1) is 21.1. The van der Waals surface area contributed by atoms with E-state index in [1.54, 1.807) is 31.4 Å². The highest BCUT2D eigenvalue weighted by atomic mass is 32.2. The van der Waals surface area contributed by atoms with Gasteiger partial charge in [-0.25, -0.2) is 4.98 Å². The van der Waals surface area contributed by atoms with Crippen LogP contribution in [0.3, 0.4) is 0 Å². The topological polar surface area (TPSA) is 80.3 Å². The number of anilines is 2. The van der Waals surface area contributed by atoms with Gasteiger partial charge in [0.05, 0.1) is 23.1 Å². The summed E-state index contributed by atoms with van der Waals surface area (Å²) in [5.74, 6) is 1.24. The molecule has 0 unspecified atom stereocenters. The molecular formula is C21H23N3O3S2. The van der Waals surface area contributed by atoms with Gasteiger partial charge in [0, 0.05) is 17.8 Å². The lowest BCUT2D eigenvalue weighted by Gasteiger charge is -2.06. The van der Waals surface area contributed by atoms with Gasteiger partial charge < -0.3 is 15.4 Å². The standard InChI is InChI=1S/C21H23N3O3S2/c1-13(2)10-19(25)23-15-6-9-17-18(11-15)29-21(24-17)28-12-20(26)22-14-4-7-16(27-3)8-5-14/h4-9,11,13H,10,12H2,1-3H3,(H,22,26)(H,23,25). The van der Waals surface area contributed by atoms with Gasteiger partial charge in [0.15, 0.2) is 4.34 Å². The number of hydrogen-bond donors (Lipinski definition) is 2. The summed E-state index contributed by atoms with van der Waals surface area (Å²) < 4.78 is 6.90. The number of hydrogen-bond acceptors (Lipinski definition) is 6. The number of thiazole rings is 1. The van der Waals surface area contributed by atoms with Gasteiger partial charge in [0.2, 0.25) is 11.8 Å². The van der Waals surface area contributed by atoms with E-state index in [0.29, 0.717) is 12.3 Å². The molecular weight excluding hydrogens is 406 g/mol. The molecule has 0 atom stereocenters. The second kappa shape index (κ2) is 9.76. The summed E-state index contributed by atoms with van der Waals surface area (Å²) in [6.45, 7) is 4.03. The number of nitrogens with one attached hydrogen (secondary N) is 2. The zero-order valence-electron chi connectivity index (χ0n) is 16.5. The Bertz CT molecular complexity index is 1000.